The summed E-state index contributed by atoms with van der Waals surface area (Å²) in [6.07, 6.45) is 0. The van der Waals surface area contributed by atoms with Gasteiger partial charge in [-0.2, -0.15) is 4.37 Å². The summed E-state index contributed by atoms with van der Waals surface area (Å²) in [6.45, 7) is 1.81. The van der Waals surface area contributed by atoms with E-state index in [4.69, 9.17) is 15.2 Å². The molecule has 124 valence electrons. The fourth-order valence-electron chi connectivity index (χ4n) is 2.17. The molecule has 0 saturated carbocycles. The first-order chi connectivity index (χ1) is 11.6. The Labute approximate surface area is 147 Å². The van der Waals surface area contributed by atoms with E-state index < -0.39 is 5.97 Å². The summed E-state index contributed by atoms with van der Waals surface area (Å²) >= 11 is 2.56. The average molecular weight is 361 g/mol. The number of benzene rings is 1. The van der Waals surface area contributed by atoms with Gasteiger partial charge < -0.3 is 15.2 Å². The van der Waals surface area contributed by atoms with Crippen LogP contribution in [0, 0.1) is 6.92 Å². The maximum atomic E-state index is 12.1. The number of hydrogen-bond acceptors (Lipinski definition) is 8. The lowest BCUT2D eigenvalue weighted by molar-refractivity contribution is 0.0469. The minimum absolute atomic E-state index is 0.0825. The summed E-state index contributed by atoms with van der Waals surface area (Å²) in [5.41, 5.74) is 8.25. The number of aromatic nitrogens is 2. The maximum Gasteiger partial charge on any atom is 0.343 e. The molecule has 0 bridgehead atoms. The Morgan fingerprint density at radius 1 is 1.33 bits per heavy atom. The van der Waals surface area contributed by atoms with Crippen LogP contribution in [0.4, 0.5) is 5.00 Å². The molecule has 1 aromatic carbocycles. The number of nitrogens with two attached hydrogens (primary N) is 1. The Balaban J connectivity index is 1.72. The smallest absolute Gasteiger partial charge is 0.343 e. The number of nitrogens with zero attached hydrogens (tertiary/aromatic N) is 2. The number of esters is 1. The number of methoxy groups -OCH3 is 1. The molecule has 3 rings (SSSR count). The van der Waals surface area contributed by atoms with Crippen molar-refractivity contribution in [3.63, 3.8) is 0 Å². The number of rotatable bonds is 5. The van der Waals surface area contributed by atoms with Gasteiger partial charge in [0.15, 0.2) is 0 Å². The molecule has 0 saturated heterocycles. The molecule has 24 heavy (non-hydrogen) atoms. The van der Waals surface area contributed by atoms with Crippen LogP contribution in [0.1, 0.15) is 21.7 Å². The van der Waals surface area contributed by atoms with E-state index in [1.165, 1.54) is 11.3 Å². The van der Waals surface area contributed by atoms with Crippen molar-refractivity contribution in [2.45, 2.75) is 13.5 Å². The van der Waals surface area contributed by atoms with Gasteiger partial charge in [0.2, 0.25) is 0 Å². The molecule has 0 aliphatic rings. The van der Waals surface area contributed by atoms with Crippen LogP contribution in [0.25, 0.3) is 10.6 Å². The number of carbonyl (C=O) groups is 1. The second kappa shape index (κ2) is 6.98. The van der Waals surface area contributed by atoms with Crippen molar-refractivity contribution in [1.29, 1.82) is 0 Å². The topological polar surface area (TPSA) is 87.3 Å². The summed E-state index contributed by atoms with van der Waals surface area (Å²) in [6, 6.07) is 7.65. The van der Waals surface area contributed by atoms with E-state index in [0.29, 0.717) is 22.0 Å². The molecule has 0 radical (unpaired) electrons. The molecule has 6 nitrogen and oxygen atoms in total. The normalized spacial score (nSPS) is 10.6. The van der Waals surface area contributed by atoms with E-state index in [-0.39, 0.29) is 6.61 Å². The van der Waals surface area contributed by atoms with Crippen LogP contribution in [-0.2, 0) is 11.3 Å². The third kappa shape index (κ3) is 3.24. The molecule has 2 N–H and O–H groups in total. The van der Waals surface area contributed by atoms with Gasteiger partial charge in [-0.05, 0) is 30.6 Å². The molecule has 0 aliphatic heterocycles. The fourth-order valence-corrected chi connectivity index (χ4v) is 3.65. The van der Waals surface area contributed by atoms with Crippen molar-refractivity contribution in [1.82, 2.24) is 9.36 Å². The monoisotopic (exact) mass is 361 g/mol. The van der Waals surface area contributed by atoms with E-state index in [0.717, 1.165) is 27.9 Å². The molecule has 0 unspecified atom stereocenters. The van der Waals surface area contributed by atoms with Gasteiger partial charge in [-0.1, -0.05) is 12.1 Å². The van der Waals surface area contributed by atoms with Gasteiger partial charge in [-0.15, -0.1) is 11.3 Å². The molecule has 2 heterocycles. The number of carbonyl (C=O) groups excluding carboxylic acids is 1. The molecule has 0 amide bonds. The van der Waals surface area contributed by atoms with Gasteiger partial charge >= 0.3 is 5.97 Å². The summed E-state index contributed by atoms with van der Waals surface area (Å²) in [7, 11) is 1.62. The van der Waals surface area contributed by atoms with Crippen molar-refractivity contribution in [3.05, 3.63) is 46.6 Å². The van der Waals surface area contributed by atoms with E-state index in [1.54, 1.807) is 14.0 Å². The first kappa shape index (κ1) is 16.4. The highest BCUT2D eigenvalue weighted by Gasteiger charge is 2.18. The van der Waals surface area contributed by atoms with Crippen molar-refractivity contribution in [2.24, 2.45) is 0 Å². The van der Waals surface area contributed by atoms with E-state index in [9.17, 15) is 4.79 Å². The van der Waals surface area contributed by atoms with Gasteiger partial charge in [0.05, 0.1) is 24.1 Å². The number of hydrogen-bond donors (Lipinski definition) is 1. The molecule has 0 aliphatic carbocycles. The second-order valence-electron chi connectivity index (χ2n) is 4.93. The third-order valence-corrected chi connectivity index (χ3v) is 5.02. The lowest BCUT2D eigenvalue weighted by Gasteiger charge is -2.05. The summed E-state index contributed by atoms with van der Waals surface area (Å²) in [5, 5.41) is 3.04. The van der Waals surface area contributed by atoms with Crippen molar-refractivity contribution < 1.29 is 14.3 Å². The molecule has 0 spiro atoms. The van der Waals surface area contributed by atoms with Gasteiger partial charge in [0.25, 0.3) is 0 Å². The first-order valence-electron chi connectivity index (χ1n) is 7.06. The van der Waals surface area contributed by atoms with Crippen molar-refractivity contribution in [3.8, 4) is 16.3 Å². The highest BCUT2D eigenvalue weighted by Crippen LogP contribution is 2.32. The zero-order chi connectivity index (χ0) is 17.1. The van der Waals surface area contributed by atoms with Gasteiger partial charge in [-0.25, -0.2) is 9.78 Å². The van der Waals surface area contributed by atoms with Crippen molar-refractivity contribution >= 4 is 33.8 Å². The van der Waals surface area contributed by atoms with Crippen LogP contribution in [0.2, 0.25) is 0 Å². The predicted octanol–water partition coefficient (Wildman–Crippen LogP) is 3.52. The van der Waals surface area contributed by atoms with Gasteiger partial charge in [0, 0.05) is 5.38 Å². The van der Waals surface area contributed by atoms with E-state index >= 15 is 0 Å². The molecular formula is C16H15N3O3S2. The Bertz CT molecular complexity index is 854. The number of ether oxygens (including phenoxy) is 2. The number of nitrogen functional groups attached to an aromatic ring is 1. The van der Waals surface area contributed by atoms with E-state index in [2.05, 4.69) is 9.36 Å². The first-order valence-corrected chi connectivity index (χ1v) is 8.72. The number of thiazole rings is 1. The second-order valence-corrected chi connectivity index (χ2v) is 6.59. The number of para-hydroxylation sites is 1. The number of anilines is 1. The predicted molar refractivity (Wildman–Crippen MR) is 94.5 cm³/mol. The van der Waals surface area contributed by atoms with Crippen LogP contribution in [-0.4, -0.2) is 22.4 Å². The standard InChI is InChI=1S/C16H15N3O3S2/c1-9-13(14(17)24-19-9)16(20)22-7-10-8-23-15(18-10)11-5-3-4-6-12(11)21-2/h3-6,8H,7,17H2,1-2H3. The van der Waals surface area contributed by atoms with Crippen molar-refractivity contribution in [2.75, 3.05) is 12.8 Å². The maximum absolute atomic E-state index is 12.1. The summed E-state index contributed by atoms with van der Waals surface area (Å²) in [5.74, 6) is 0.272. The Morgan fingerprint density at radius 3 is 2.83 bits per heavy atom. The molecule has 0 fully saturated rings. The average Bonchev–Trinajstić information content (AvgIpc) is 3.19. The molecule has 2 aromatic heterocycles. The number of aryl methyl sites for hydroxylation is 1. The van der Waals surface area contributed by atoms with Crippen LogP contribution < -0.4 is 10.5 Å². The SMILES string of the molecule is COc1ccccc1-c1nc(COC(=O)c2c(C)nsc2N)cs1. The third-order valence-electron chi connectivity index (χ3n) is 3.33. The molecule has 8 heteroatoms. The minimum Gasteiger partial charge on any atom is -0.496 e. The van der Waals surface area contributed by atoms with Crippen LogP contribution in [0.3, 0.4) is 0 Å². The van der Waals surface area contributed by atoms with E-state index in [1.807, 2.05) is 29.6 Å². The summed E-state index contributed by atoms with van der Waals surface area (Å²) in [4.78, 5) is 16.6. The zero-order valence-corrected chi connectivity index (χ0v) is 14.7. The lowest BCUT2D eigenvalue weighted by atomic mass is 10.2. The fraction of sp³-hybridized carbons (Fsp3) is 0.188. The van der Waals surface area contributed by atoms with Gasteiger partial charge in [0.1, 0.15) is 27.9 Å². The zero-order valence-electron chi connectivity index (χ0n) is 13.1. The van der Waals surface area contributed by atoms with Crippen LogP contribution in [0.5, 0.6) is 5.75 Å². The Hall–Kier alpha value is -2.45. The Kier molecular flexibility index (Phi) is 4.77. The quantitative estimate of drug-likeness (QED) is 0.700. The largest absolute Gasteiger partial charge is 0.496 e. The molecule has 0 atom stereocenters. The highest BCUT2D eigenvalue weighted by atomic mass is 32.1. The lowest BCUT2D eigenvalue weighted by Crippen LogP contribution is -2.08. The van der Waals surface area contributed by atoms with Crippen LogP contribution in [0.15, 0.2) is 29.6 Å². The summed E-state index contributed by atoms with van der Waals surface area (Å²) < 4.78 is 14.7. The Morgan fingerprint density at radius 2 is 2.12 bits per heavy atom. The van der Waals surface area contributed by atoms with Gasteiger partial charge in [-0.3, -0.25) is 0 Å². The molecule has 3 aromatic rings. The molecular weight excluding hydrogens is 346 g/mol. The van der Waals surface area contributed by atoms with Crippen LogP contribution >= 0.6 is 22.9 Å². The minimum atomic E-state index is -0.481. The highest BCUT2D eigenvalue weighted by molar-refractivity contribution is 7.13.